The number of aryl methyl sites for hydroxylation is 1. The molecule has 22 heavy (non-hydrogen) atoms. The highest BCUT2D eigenvalue weighted by Crippen LogP contribution is 2.20. The summed E-state index contributed by atoms with van der Waals surface area (Å²) in [6, 6.07) is 10.4. The van der Waals surface area contributed by atoms with Gasteiger partial charge in [-0.3, -0.25) is 0 Å². The molecular formula is C17H21N5. The molecule has 0 bridgehead atoms. The van der Waals surface area contributed by atoms with Crippen molar-refractivity contribution < 1.29 is 0 Å². The van der Waals surface area contributed by atoms with Crippen LogP contribution in [0.15, 0.2) is 48.9 Å². The van der Waals surface area contributed by atoms with Crippen molar-refractivity contribution in [2.24, 2.45) is 7.05 Å². The topological polar surface area (TPSA) is 47.7 Å². The summed E-state index contributed by atoms with van der Waals surface area (Å²) in [7, 11) is 2.01. The molecular weight excluding hydrogens is 274 g/mol. The van der Waals surface area contributed by atoms with E-state index in [1.807, 2.05) is 53.1 Å². The lowest BCUT2D eigenvalue weighted by molar-refractivity contribution is 0.547. The van der Waals surface area contributed by atoms with Gasteiger partial charge in [0.05, 0.1) is 18.4 Å². The van der Waals surface area contributed by atoms with Crippen LogP contribution in [-0.2, 0) is 13.6 Å². The smallest absolute Gasteiger partial charge is 0.122 e. The number of imidazole rings is 1. The molecule has 5 heteroatoms. The molecule has 5 nitrogen and oxygen atoms in total. The van der Waals surface area contributed by atoms with Crippen molar-refractivity contribution >= 4 is 0 Å². The first-order valence-electron chi connectivity index (χ1n) is 7.46. The Bertz CT molecular complexity index is 742. The summed E-state index contributed by atoms with van der Waals surface area (Å²) in [5.74, 6) is 1.03. The molecule has 0 saturated heterocycles. The molecule has 0 spiro atoms. The first-order valence-corrected chi connectivity index (χ1v) is 7.46. The Morgan fingerprint density at radius 1 is 1.23 bits per heavy atom. The predicted octanol–water partition coefficient (Wildman–Crippen LogP) is 2.77. The fourth-order valence-corrected chi connectivity index (χ4v) is 2.60. The molecule has 1 unspecified atom stereocenters. The van der Waals surface area contributed by atoms with Gasteiger partial charge in [0.15, 0.2) is 0 Å². The number of benzene rings is 1. The number of hydrogen-bond donors (Lipinski definition) is 1. The quantitative estimate of drug-likeness (QED) is 0.787. The average molecular weight is 295 g/mol. The lowest BCUT2D eigenvalue weighted by Crippen LogP contribution is -2.20. The van der Waals surface area contributed by atoms with Gasteiger partial charge in [-0.25, -0.2) is 9.67 Å². The van der Waals surface area contributed by atoms with Crippen molar-refractivity contribution in [3.8, 4) is 5.69 Å². The van der Waals surface area contributed by atoms with Gasteiger partial charge in [0.25, 0.3) is 0 Å². The van der Waals surface area contributed by atoms with Crippen LogP contribution in [0.4, 0.5) is 0 Å². The second-order valence-corrected chi connectivity index (χ2v) is 5.49. The highest BCUT2D eigenvalue weighted by Gasteiger charge is 2.14. The minimum atomic E-state index is 0.217. The normalized spacial score (nSPS) is 12.5. The SMILES string of the molecule is Cc1c(C(C)NCc2nccn2C)cnn1-c1ccccc1. The number of nitrogens with one attached hydrogen (secondary N) is 1. The summed E-state index contributed by atoms with van der Waals surface area (Å²) in [5, 5.41) is 8.04. The third-order valence-corrected chi connectivity index (χ3v) is 4.00. The first-order chi connectivity index (χ1) is 10.7. The van der Waals surface area contributed by atoms with Gasteiger partial charge in [-0.15, -0.1) is 0 Å². The molecule has 3 aromatic rings. The molecule has 2 aromatic heterocycles. The van der Waals surface area contributed by atoms with Gasteiger partial charge < -0.3 is 9.88 Å². The van der Waals surface area contributed by atoms with E-state index in [0.717, 1.165) is 23.8 Å². The Labute approximate surface area is 130 Å². The molecule has 0 aliphatic rings. The van der Waals surface area contributed by atoms with E-state index in [0.29, 0.717) is 0 Å². The summed E-state index contributed by atoms with van der Waals surface area (Å²) in [6.45, 7) is 5.00. The van der Waals surface area contributed by atoms with Crippen molar-refractivity contribution in [2.45, 2.75) is 26.4 Å². The van der Waals surface area contributed by atoms with Crippen LogP contribution < -0.4 is 5.32 Å². The zero-order valence-electron chi connectivity index (χ0n) is 13.2. The van der Waals surface area contributed by atoms with E-state index < -0.39 is 0 Å². The third-order valence-electron chi connectivity index (χ3n) is 4.00. The second kappa shape index (κ2) is 6.15. The maximum Gasteiger partial charge on any atom is 0.122 e. The van der Waals surface area contributed by atoms with Crippen LogP contribution in [0.5, 0.6) is 0 Å². The number of aromatic nitrogens is 4. The Balaban J connectivity index is 1.75. The van der Waals surface area contributed by atoms with E-state index in [-0.39, 0.29) is 6.04 Å². The van der Waals surface area contributed by atoms with Gasteiger partial charge in [-0.05, 0) is 26.0 Å². The van der Waals surface area contributed by atoms with Gasteiger partial charge in [0.2, 0.25) is 0 Å². The summed E-state index contributed by atoms with van der Waals surface area (Å²) in [6.07, 6.45) is 5.72. The molecule has 0 aliphatic heterocycles. The highest BCUT2D eigenvalue weighted by molar-refractivity contribution is 5.35. The number of hydrogen-bond acceptors (Lipinski definition) is 3. The number of rotatable bonds is 5. The molecule has 0 amide bonds. The zero-order valence-corrected chi connectivity index (χ0v) is 13.2. The van der Waals surface area contributed by atoms with E-state index in [2.05, 4.69) is 41.4 Å². The minimum absolute atomic E-state index is 0.217. The Hall–Kier alpha value is -2.40. The van der Waals surface area contributed by atoms with E-state index in [1.165, 1.54) is 5.56 Å². The summed E-state index contributed by atoms with van der Waals surface area (Å²) < 4.78 is 4.01. The zero-order chi connectivity index (χ0) is 15.5. The minimum Gasteiger partial charge on any atom is -0.337 e. The van der Waals surface area contributed by atoms with Crippen molar-refractivity contribution in [2.75, 3.05) is 0 Å². The summed E-state index contributed by atoms with van der Waals surface area (Å²) >= 11 is 0. The van der Waals surface area contributed by atoms with Gasteiger partial charge >= 0.3 is 0 Å². The molecule has 1 atom stereocenters. The van der Waals surface area contributed by atoms with Gasteiger partial charge in [-0.1, -0.05) is 18.2 Å². The van der Waals surface area contributed by atoms with Gasteiger partial charge in [0, 0.05) is 36.7 Å². The first kappa shape index (κ1) is 14.5. The van der Waals surface area contributed by atoms with E-state index in [9.17, 15) is 0 Å². The van der Waals surface area contributed by atoms with Crippen LogP contribution in [0, 0.1) is 6.92 Å². The lowest BCUT2D eigenvalue weighted by atomic mass is 10.1. The molecule has 1 aromatic carbocycles. The third kappa shape index (κ3) is 2.80. The van der Waals surface area contributed by atoms with Crippen molar-refractivity contribution in [3.63, 3.8) is 0 Å². The van der Waals surface area contributed by atoms with Crippen LogP contribution in [-0.4, -0.2) is 19.3 Å². The largest absolute Gasteiger partial charge is 0.337 e. The molecule has 3 rings (SSSR count). The molecule has 1 N–H and O–H groups in total. The molecule has 0 fully saturated rings. The van der Waals surface area contributed by atoms with Crippen molar-refractivity contribution in [1.29, 1.82) is 0 Å². The molecule has 0 saturated carbocycles. The summed E-state index contributed by atoms with van der Waals surface area (Å²) in [4.78, 5) is 4.34. The lowest BCUT2D eigenvalue weighted by Gasteiger charge is -2.14. The van der Waals surface area contributed by atoms with Gasteiger partial charge in [-0.2, -0.15) is 5.10 Å². The Morgan fingerprint density at radius 3 is 2.68 bits per heavy atom. The van der Waals surface area contributed by atoms with Crippen LogP contribution in [0.3, 0.4) is 0 Å². The Morgan fingerprint density at radius 2 is 2.00 bits per heavy atom. The predicted molar refractivity (Wildman–Crippen MR) is 86.8 cm³/mol. The second-order valence-electron chi connectivity index (χ2n) is 5.49. The van der Waals surface area contributed by atoms with Crippen molar-refractivity contribution in [3.05, 3.63) is 66.0 Å². The van der Waals surface area contributed by atoms with Crippen LogP contribution >= 0.6 is 0 Å². The monoisotopic (exact) mass is 295 g/mol. The van der Waals surface area contributed by atoms with Crippen LogP contribution in [0.1, 0.15) is 30.0 Å². The molecule has 2 heterocycles. The van der Waals surface area contributed by atoms with Gasteiger partial charge in [0.1, 0.15) is 5.82 Å². The fourth-order valence-electron chi connectivity index (χ4n) is 2.60. The van der Waals surface area contributed by atoms with Crippen LogP contribution in [0.25, 0.3) is 5.69 Å². The Kier molecular flexibility index (Phi) is 4.06. The van der Waals surface area contributed by atoms with Crippen LogP contribution in [0.2, 0.25) is 0 Å². The number of nitrogens with zero attached hydrogens (tertiary/aromatic N) is 4. The summed E-state index contributed by atoms with van der Waals surface area (Å²) in [5.41, 5.74) is 3.45. The molecule has 114 valence electrons. The maximum atomic E-state index is 4.53. The highest BCUT2D eigenvalue weighted by atomic mass is 15.3. The standard InChI is InChI=1S/C17H21N5/c1-13(19-12-17-18-9-10-21(17)3)16-11-20-22(14(16)2)15-7-5-4-6-8-15/h4-11,13,19H,12H2,1-3H3. The number of para-hydroxylation sites is 1. The van der Waals surface area contributed by atoms with E-state index in [4.69, 9.17) is 0 Å². The fraction of sp³-hybridized carbons (Fsp3) is 0.294. The van der Waals surface area contributed by atoms with Crippen molar-refractivity contribution in [1.82, 2.24) is 24.6 Å². The average Bonchev–Trinajstić information content (AvgIpc) is 3.12. The van der Waals surface area contributed by atoms with E-state index >= 15 is 0 Å². The molecule has 0 aliphatic carbocycles. The maximum absolute atomic E-state index is 4.53. The van der Waals surface area contributed by atoms with E-state index in [1.54, 1.807) is 0 Å². The molecule has 0 radical (unpaired) electrons.